The molecule has 2 unspecified atom stereocenters. The predicted octanol–water partition coefficient (Wildman–Crippen LogP) is 19.9. The van der Waals surface area contributed by atoms with Crippen LogP contribution in [0.4, 0.5) is 17.6 Å². The summed E-state index contributed by atoms with van der Waals surface area (Å²) in [7, 11) is 0. The van der Waals surface area contributed by atoms with Gasteiger partial charge < -0.3 is 14.2 Å². The Balaban J connectivity index is -0.000000123. The summed E-state index contributed by atoms with van der Waals surface area (Å²) < 4.78 is 66.1. The van der Waals surface area contributed by atoms with Crippen LogP contribution in [0.5, 0.6) is 0 Å². The lowest BCUT2D eigenvalue weighted by atomic mass is 9.84. The molecule has 0 amide bonds. The normalized spacial score (nSPS) is 19.4. The van der Waals surface area contributed by atoms with Crippen LogP contribution < -0.4 is 0 Å². The molecule has 2 aliphatic heterocycles. The first-order chi connectivity index (χ1) is 28.2. The third-order valence-corrected chi connectivity index (χ3v) is 10.6. The van der Waals surface area contributed by atoms with E-state index in [0.717, 1.165) is 48.7 Å². The molecule has 0 N–H and O–H groups in total. The minimum Gasteiger partial charge on any atom is -0.378 e. The topological polar surface area (TPSA) is 27.7 Å². The Kier molecular flexibility index (Phi) is 49.4. The van der Waals surface area contributed by atoms with E-state index in [9.17, 15) is 17.6 Å². The lowest BCUT2D eigenvalue weighted by molar-refractivity contribution is -0.187. The van der Waals surface area contributed by atoms with Gasteiger partial charge in [-0.1, -0.05) is 165 Å². The first-order valence-electron chi connectivity index (χ1n) is 21.9. The molecule has 4 aromatic rings. The Morgan fingerprint density at radius 1 is 0.343 bits per heavy atom. The van der Waals surface area contributed by atoms with Crippen molar-refractivity contribution in [2.24, 2.45) is 23.7 Å². The summed E-state index contributed by atoms with van der Waals surface area (Å²) in [6.07, 6.45) is 9.03. The second kappa shape index (κ2) is 42.6. The van der Waals surface area contributed by atoms with Crippen molar-refractivity contribution in [3.63, 3.8) is 0 Å². The van der Waals surface area contributed by atoms with E-state index in [1.807, 2.05) is 32.9 Å². The van der Waals surface area contributed by atoms with Crippen LogP contribution >= 0.6 is 0 Å². The van der Waals surface area contributed by atoms with E-state index in [2.05, 4.69) is 72.7 Å². The van der Waals surface area contributed by atoms with E-state index in [4.69, 9.17) is 14.2 Å². The van der Waals surface area contributed by atoms with Crippen LogP contribution in [-0.4, -0.2) is 32.2 Å². The van der Waals surface area contributed by atoms with Gasteiger partial charge in [0.05, 0.1) is 19.3 Å². The second-order valence-electron chi connectivity index (χ2n) is 17.5. The quantitative estimate of drug-likeness (QED) is 0.164. The number of hydrogen-bond acceptors (Lipinski definition) is 3. The first kappa shape index (κ1) is 77.7. The number of ether oxygens (including phenoxy) is 3. The Morgan fingerprint density at radius 3 is 0.910 bits per heavy atom. The fourth-order valence-corrected chi connectivity index (χ4v) is 5.94. The van der Waals surface area contributed by atoms with Crippen LogP contribution in [-0.2, 0) is 14.2 Å². The van der Waals surface area contributed by atoms with Crippen molar-refractivity contribution < 1.29 is 31.8 Å². The molecule has 2 saturated heterocycles. The molecule has 67 heavy (non-hydrogen) atoms. The van der Waals surface area contributed by atoms with E-state index in [1.54, 1.807) is 32.9 Å². The standard InChI is InChI=1S/C8H8F2.2C8H9F.C8H16.C8H10.C7H14O.C6H12O2.7CH4/c1-5-3-7(9)6(2)8(10)4-5;2*1-6-3-4-7(2)8(9)5-6;2*1-7-3-5-8(2)6-4-7;1-6-3-4-7(2)8-5-6;1-5-3-7-6(2)8-4-5;;;;;;;/h3-4H,1-2H3;2*3-5H,1-2H3;7-8H,3-6H2,1-2H3;3-6H,1-2H3;6-7H,3-5H2,1-2H3;5-6H,3-4H2,1-2H3;7*1H4. The molecule has 3 fully saturated rings. The third-order valence-electron chi connectivity index (χ3n) is 10.6. The van der Waals surface area contributed by atoms with Crippen molar-refractivity contribution in [2.45, 2.75) is 200 Å². The van der Waals surface area contributed by atoms with Crippen LogP contribution in [0.3, 0.4) is 0 Å². The van der Waals surface area contributed by atoms with Gasteiger partial charge in [-0.05, 0) is 152 Å². The van der Waals surface area contributed by atoms with Gasteiger partial charge in [-0.15, -0.1) is 0 Å². The smallest absolute Gasteiger partial charge is 0.154 e. The minimum atomic E-state index is -0.475. The lowest BCUT2D eigenvalue weighted by Crippen LogP contribution is -2.27. The van der Waals surface area contributed by atoms with Crippen LogP contribution in [0.25, 0.3) is 0 Å². The lowest BCUT2D eigenvalue weighted by Gasteiger charge is -2.24. The van der Waals surface area contributed by atoms with E-state index in [-0.39, 0.29) is 75.5 Å². The fourth-order valence-electron chi connectivity index (χ4n) is 5.94. The molecule has 2 heterocycles. The Labute approximate surface area is 414 Å². The van der Waals surface area contributed by atoms with Gasteiger partial charge >= 0.3 is 0 Å². The van der Waals surface area contributed by atoms with Gasteiger partial charge in [0.1, 0.15) is 23.3 Å². The fraction of sp³-hybridized carbons (Fsp3) is 0.600. The van der Waals surface area contributed by atoms with Gasteiger partial charge in [0.2, 0.25) is 0 Å². The minimum absolute atomic E-state index is 0. The number of hydrogen-bond donors (Lipinski definition) is 0. The summed E-state index contributed by atoms with van der Waals surface area (Å²) in [6, 6.07) is 21.6. The molecule has 7 heteroatoms. The monoisotopic (exact) mass is 951 g/mol. The zero-order valence-corrected chi connectivity index (χ0v) is 39.5. The maximum absolute atomic E-state index is 12.6. The molecule has 0 radical (unpaired) electrons. The summed E-state index contributed by atoms with van der Waals surface area (Å²) in [5.41, 5.74) is 6.72. The predicted molar refractivity (Wildman–Crippen MR) is 292 cm³/mol. The highest BCUT2D eigenvalue weighted by Gasteiger charge is 2.15. The first-order valence-corrected chi connectivity index (χ1v) is 21.9. The van der Waals surface area contributed by atoms with E-state index in [1.165, 1.54) is 80.8 Å². The molecule has 7 rings (SSSR count). The molecule has 1 saturated carbocycles. The van der Waals surface area contributed by atoms with Crippen LogP contribution in [0.2, 0.25) is 0 Å². The molecule has 2 atom stereocenters. The highest BCUT2D eigenvalue weighted by Crippen LogP contribution is 2.27. The van der Waals surface area contributed by atoms with Crippen molar-refractivity contribution in [3.05, 3.63) is 141 Å². The van der Waals surface area contributed by atoms with Crippen molar-refractivity contribution in [2.75, 3.05) is 19.8 Å². The van der Waals surface area contributed by atoms with Crippen LogP contribution in [0.15, 0.2) is 72.8 Å². The molecular formula is C60H106F4O3. The van der Waals surface area contributed by atoms with Gasteiger partial charge in [0, 0.05) is 18.1 Å². The van der Waals surface area contributed by atoms with Gasteiger partial charge in [0.25, 0.3) is 0 Å². The van der Waals surface area contributed by atoms with E-state index in [0.29, 0.717) is 28.7 Å². The molecule has 3 aliphatic rings. The number of benzene rings is 4. The zero-order valence-electron chi connectivity index (χ0n) is 39.5. The zero-order chi connectivity index (χ0) is 45.4. The molecule has 3 nitrogen and oxygen atoms in total. The van der Waals surface area contributed by atoms with Crippen LogP contribution in [0.1, 0.15) is 177 Å². The Hall–Kier alpha value is -3.52. The summed E-state index contributed by atoms with van der Waals surface area (Å²) in [5, 5.41) is 0. The highest BCUT2D eigenvalue weighted by atomic mass is 19.1. The SMILES string of the molecule is C.C.C.C.C.C.C.CC1CCC(C)CC1.CC1CCC(C)OC1.CC1COC(C)OC1.Cc1cc(F)c(C)c(F)c1.Cc1ccc(C)c(F)c1.Cc1ccc(C)c(F)c1.Cc1ccc(C)cc1. The molecule has 1 aliphatic carbocycles. The number of rotatable bonds is 0. The van der Waals surface area contributed by atoms with Gasteiger partial charge in [0.15, 0.2) is 6.29 Å². The van der Waals surface area contributed by atoms with E-state index < -0.39 is 11.6 Å². The number of halogens is 4. The van der Waals surface area contributed by atoms with Gasteiger partial charge in [-0.3, -0.25) is 0 Å². The third kappa shape index (κ3) is 37.1. The maximum atomic E-state index is 12.6. The van der Waals surface area contributed by atoms with E-state index >= 15 is 0 Å². The van der Waals surface area contributed by atoms with Gasteiger partial charge in [-0.2, -0.15) is 0 Å². The largest absolute Gasteiger partial charge is 0.378 e. The molecule has 392 valence electrons. The number of aryl methyl sites for hydroxylation is 7. The molecule has 4 aromatic carbocycles. The summed E-state index contributed by atoms with van der Waals surface area (Å²) >= 11 is 0. The summed E-state index contributed by atoms with van der Waals surface area (Å²) in [5.74, 6) is 2.23. The van der Waals surface area contributed by atoms with Gasteiger partial charge in [-0.25, -0.2) is 17.6 Å². The van der Waals surface area contributed by atoms with Crippen molar-refractivity contribution in [1.82, 2.24) is 0 Å². The van der Waals surface area contributed by atoms with Crippen LogP contribution in [0, 0.1) is 102 Å². The summed E-state index contributed by atoms with van der Waals surface area (Å²) in [4.78, 5) is 0. The van der Waals surface area contributed by atoms with Crippen molar-refractivity contribution in [1.29, 1.82) is 0 Å². The second-order valence-corrected chi connectivity index (χ2v) is 17.5. The Morgan fingerprint density at radius 2 is 0.642 bits per heavy atom. The molecular weight excluding hydrogens is 845 g/mol. The molecule has 0 bridgehead atoms. The average Bonchev–Trinajstić information content (AvgIpc) is 3.20. The molecule has 0 spiro atoms. The van der Waals surface area contributed by atoms with Crippen molar-refractivity contribution >= 4 is 0 Å². The highest BCUT2D eigenvalue weighted by molar-refractivity contribution is 5.24. The Bertz CT molecular complexity index is 1560. The maximum Gasteiger partial charge on any atom is 0.154 e. The summed E-state index contributed by atoms with van der Waals surface area (Å²) in [6.45, 7) is 30.4. The average molecular weight is 951 g/mol. The molecule has 0 aromatic heterocycles. The van der Waals surface area contributed by atoms with Crippen molar-refractivity contribution in [3.8, 4) is 0 Å².